The van der Waals surface area contributed by atoms with Crippen LogP contribution < -0.4 is 15.2 Å². The number of amides is 2. The lowest BCUT2D eigenvalue weighted by atomic mass is 9.69. The first-order chi connectivity index (χ1) is 18.2. The zero-order chi connectivity index (χ0) is 27.3. The van der Waals surface area contributed by atoms with Gasteiger partial charge in [-0.05, 0) is 48.9 Å². The van der Waals surface area contributed by atoms with E-state index in [1.807, 2.05) is 48.5 Å². The smallest absolute Gasteiger partial charge is 0.314 e. The average molecular weight is 519 g/mol. The number of nitriles is 1. The van der Waals surface area contributed by atoms with Gasteiger partial charge in [-0.25, -0.2) is 9.28 Å². The number of nitrogens with two attached hydrogens (primary N) is 1. The number of quaternary nitrogens is 1. The van der Waals surface area contributed by atoms with Crippen molar-refractivity contribution in [3.8, 4) is 17.6 Å². The highest BCUT2D eigenvalue weighted by molar-refractivity contribution is 5.82. The number of unbranched alkanes of at least 4 members (excludes halogenated alkanes) is 1. The third kappa shape index (κ3) is 5.15. The first-order valence-corrected chi connectivity index (χ1v) is 13.8. The highest BCUT2D eigenvalue weighted by atomic mass is 16.7. The number of benzene rings is 2. The van der Waals surface area contributed by atoms with E-state index in [2.05, 4.69) is 26.8 Å². The minimum Gasteiger partial charge on any atom is -0.454 e. The van der Waals surface area contributed by atoms with Crippen LogP contribution in [0.15, 0.2) is 48.5 Å². The summed E-state index contributed by atoms with van der Waals surface area (Å²) >= 11 is 0. The fourth-order valence-corrected chi connectivity index (χ4v) is 6.59. The molecule has 0 aliphatic carbocycles. The summed E-state index contributed by atoms with van der Waals surface area (Å²) in [5.41, 5.74) is 7.34. The van der Waals surface area contributed by atoms with Gasteiger partial charge >= 0.3 is 5.91 Å². The predicted molar refractivity (Wildman–Crippen MR) is 145 cm³/mol. The molecule has 2 amide bonds. The van der Waals surface area contributed by atoms with Gasteiger partial charge in [0.25, 0.3) is 5.91 Å². The zero-order valence-corrected chi connectivity index (χ0v) is 22.8. The molecule has 38 heavy (non-hydrogen) atoms. The highest BCUT2D eigenvalue weighted by Gasteiger charge is 2.53. The van der Waals surface area contributed by atoms with Crippen LogP contribution in [0.4, 0.5) is 0 Å². The molecule has 1 fully saturated rings. The van der Waals surface area contributed by atoms with Crippen LogP contribution in [0.25, 0.3) is 0 Å². The van der Waals surface area contributed by atoms with Crippen molar-refractivity contribution in [2.75, 3.05) is 13.3 Å². The van der Waals surface area contributed by atoms with Crippen molar-refractivity contribution in [3.05, 3.63) is 59.7 Å². The summed E-state index contributed by atoms with van der Waals surface area (Å²) in [6.07, 6.45) is 4.53. The molecular formula is C31H40N3O4+. The summed E-state index contributed by atoms with van der Waals surface area (Å²) in [5.74, 6) is 1.25. The minimum atomic E-state index is -0.591. The Bertz CT molecular complexity index is 1190. The second-order valence-electron chi connectivity index (χ2n) is 11.2. The Kier molecular flexibility index (Phi) is 8.42. The molecule has 4 rings (SSSR count). The topological polar surface area (TPSA) is 102 Å². The normalized spacial score (nSPS) is 22.6. The van der Waals surface area contributed by atoms with Gasteiger partial charge in [0.05, 0.1) is 30.5 Å². The Morgan fingerprint density at radius 3 is 2.53 bits per heavy atom. The van der Waals surface area contributed by atoms with E-state index >= 15 is 0 Å². The van der Waals surface area contributed by atoms with Crippen molar-refractivity contribution in [1.29, 1.82) is 5.26 Å². The van der Waals surface area contributed by atoms with E-state index in [1.54, 1.807) is 0 Å². The van der Waals surface area contributed by atoms with E-state index in [1.165, 1.54) is 0 Å². The summed E-state index contributed by atoms with van der Waals surface area (Å²) < 4.78 is 11.1. The number of ether oxygens (including phenoxy) is 2. The molecule has 0 radical (unpaired) electrons. The summed E-state index contributed by atoms with van der Waals surface area (Å²) in [6, 6.07) is 17.8. The number of likely N-dealkylation sites (tertiary alicyclic amines) is 1. The third-order valence-corrected chi connectivity index (χ3v) is 8.80. The van der Waals surface area contributed by atoms with Crippen LogP contribution in [-0.4, -0.2) is 41.7 Å². The molecule has 2 heterocycles. The van der Waals surface area contributed by atoms with Crippen LogP contribution in [0.2, 0.25) is 0 Å². The zero-order valence-electron chi connectivity index (χ0n) is 22.8. The van der Waals surface area contributed by atoms with Crippen LogP contribution >= 0.6 is 0 Å². The van der Waals surface area contributed by atoms with Crippen molar-refractivity contribution in [2.24, 2.45) is 11.7 Å². The van der Waals surface area contributed by atoms with Crippen LogP contribution in [0, 0.1) is 17.2 Å². The molecule has 2 aliphatic heterocycles. The highest BCUT2D eigenvalue weighted by Crippen LogP contribution is 2.39. The van der Waals surface area contributed by atoms with Crippen molar-refractivity contribution < 1.29 is 23.5 Å². The van der Waals surface area contributed by atoms with Crippen molar-refractivity contribution in [2.45, 2.75) is 83.2 Å². The van der Waals surface area contributed by atoms with E-state index in [4.69, 9.17) is 15.2 Å². The summed E-state index contributed by atoms with van der Waals surface area (Å²) in [6.45, 7) is 7.06. The molecule has 0 aromatic heterocycles. The summed E-state index contributed by atoms with van der Waals surface area (Å²) in [5, 5.41) is 10.2. The second kappa shape index (κ2) is 11.6. The summed E-state index contributed by atoms with van der Waals surface area (Å²) in [7, 11) is 0. The van der Waals surface area contributed by atoms with E-state index in [0.717, 1.165) is 29.7 Å². The van der Waals surface area contributed by atoms with Crippen LogP contribution in [0.3, 0.4) is 0 Å². The number of hydrogen-bond acceptors (Lipinski definition) is 5. The third-order valence-electron chi connectivity index (χ3n) is 8.80. The predicted octanol–water partition coefficient (Wildman–Crippen LogP) is 5.02. The molecule has 0 saturated carbocycles. The van der Waals surface area contributed by atoms with Gasteiger partial charge < -0.3 is 15.2 Å². The maximum absolute atomic E-state index is 14.0. The van der Waals surface area contributed by atoms with Crippen molar-refractivity contribution in [3.63, 3.8) is 0 Å². The van der Waals surface area contributed by atoms with Gasteiger partial charge in [-0.15, -0.1) is 0 Å². The Morgan fingerprint density at radius 1 is 1.11 bits per heavy atom. The van der Waals surface area contributed by atoms with Gasteiger partial charge in [0.15, 0.2) is 17.5 Å². The van der Waals surface area contributed by atoms with Crippen molar-refractivity contribution >= 4 is 11.8 Å². The first kappa shape index (κ1) is 27.7. The fourth-order valence-electron chi connectivity index (χ4n) is 6.59. The SMILES string of the molecule is CC(C)[C@@](C#N)(CCCCC(=O)[N@@+]1(C(C)Cc2ccc3c(c2)OCO3)CCCC1C(N)=O)c1ccccc1. The van der Waals surface area contributed by atoms with Crippen LogP contribution in [0.1, 0.15) is 70.4 Å². The maximum Gasteiger partial charge on any atom is 0.314 e. The van der Waals surface area contributed by atoms with Gasteiger partial charge in [0.2, 0.25) is 6.79 Å². The van der Waals surface area contributed by atoms with Gasteiger partial charge in [-0.3, -0.25) is 4.79 Å². The number of primary amides is 1. The molecule has 2 aromatic carbocycles. The largest absolute Gasteiger partial charge is 0.454 e. The molecule has 7 nitrogen and oxygen atoms in total. The van der Waals surface area contributed by atoms with E-state index < -0.39 is 17.4 Å². The lowest BCUT2D eigenvalue weighted by molar-refractivity contribution is -0.880. The number of rotatable bonds is 11. The lowest BCUT2D eigenvalue weighted by Crippen LogP contribution is -2.65. The van der Waals surface area contributed by atoms with Crippen molar-refractivity contribution in [1.82, 2.24) is 0 Å². The molecule has 202 valence electrons. The molecule has 7 heteroatoms. The quantitative estimate of drug-likeness (QED) is 0.333. The Morgan fingerprint density at radius 2 is 1.84 bits per heavy atom. The van der Waals surface area contributed by atoms with Gasteiger partial charge in [-0.1, -0.05) is 56.7 Å². The Balaban J connectivity index is 1.48. The summed E-state index contributed by atoms with van der Waals surface area (Å²) in [4.78, 5) is 26.5. The maximum atomic E-state index is 14.0. The number of carbonyl (C=O) groups is 2. The number of carbonyl (C=O) groups excluding carboxylic acids is 2. The van der Waals surface area contributed by atoms with Gasteiger partial charge in [0, 0.05) is 19.3 Å². The molecule has 2 aromatic rings. The minimum absolute atomic E-state index is 0.0753. The Hall–Kier alpha value is -3.37. The molecule has 4 atom stereocenters. The van der Waals surface area contributed by atoms with Gasteiger partial charge in [0.1, 0.15) is 0 Å². The second-order valence-corrected chi connectivity index (χ2v) is 11.2. The molecular weight excluding hydrogens is 478 g/mol. The van der Waals surface area contributed by atoms with E-state index in [0.29, 0.717) is 44.4 Å². The van der Waals surface area contributed by atoms with E-state index in [9.17, 15) is 14.9 Å². The molecule has 2 unspecified atom stereocenters. The monoisotopic (exact) mass is 518 g/mol. The standard InChI is InChI=1S/C31H39N3O4/c1-22(2)31(20-32,25-10-5-4-6-11-25)16-8-7-13-29(35)34(17-9-12-26(34)30(33)36)23(3)18-24-14-15-27-28(19-24)38-21-37-27/h4-6,10-11,14-15,19,22-23,26H,7-9,12-13,16-18,21H2,1-3H3,(H-,33,36)/p+1/t23?,26?,31-,34+/m0/s1. The van der Waals surface area contributed by atoms with Crippen LogP contribution in [-0.2, 0) is 21.4 Å². The Labute approximate surface area is 226 Å². The first-order valence-electron chi connectivity index (χ1n) is 13.8. The average Bonchev–Trinajstić information content (AvgIpc) is 3.57. The van der Waals surface area contributed by atoms with Gasteiger partial charge in [-0.2, -0.15) is 5.26 Å². The molecule has 0 bridgehead atoms. The molecule has 2 aliphatic rings. The molecule has 1 saturated heterocycles. The van der Waals surface area contributed by atoms with Crippen LogP contribution in [0.5, 0.6) is 11.5 Å². The number of fused-ring (bicyclic) bond motifs is 1. The lowest BCUT2D eigenvalue weighted by Gasteiger charge is -2.41. The fraction of sp³-hybridized carbons (Fsp3) is 0.516. The number of nitrogens with zero attached hydrogens (tertiary/aromatic N) is 2. The number of hydrogen-bond donors (Lipinski definition) is 1. The van der Waals surface area contributed by atoms with E-state index in [-0.39, 0.29) is 29.1 Å². The molecule has 2 N–H and O–H groups in total. The molecule has 0 spiro atoms.